The zero-order valence-electron chi connectivity index (χ0n) is 14.5. The normalized spacial score (nSPS) is 21.7. The quantitative estimate of drug-likeness (QED) is 0.714. The summed E-state index contributed by atoms with van der Waals surface area (Å²) < 4.78 is 1.13. The van der Waals surface area contributed by atoms with Gasteiger partial charge >= 0.3 is 0 Å². The number of aromatic nitrogens is 1. The number of nitrogens with zero attached hydrogens (tertiary/aromatic N) is 3. The maximum absolute atomic E-state index is 13.0. The zero-order valence-corrected chi connectivity index (χ0v) is 15.3. The molecule has 5 nitrogen and oxygen atoms in total. The summed E-state index contributed by atoms with van der Waals surface area (Å²) in [6, 6.07) is 11.6. The highest BCUT2D eigenvalue weighted by Gasteiger charge is 2.52. The average molecular weight is 363 g/mol. The van der Waals surface area contributed by atoms with Gasteiger partial charge in [-0.1, -0.05) is 11.6 Å². The summed E-state index contributed by atoms with van der Waals surface area (Å²) in [6.07, 6.45) is 0.339. The van der Waals surface area contributed by atoms with Gasteiger partial charge in [0.25, 0.3) is 0 Å². The predicted octanol–water partition coefficient (Wildman–Crippen LogP) is 3.78. The minimum absolute atomic E-state index is 0.255. The van der Waals surface area contributed by atoms with E-state index in [0.717, 1.165) is 26.5 Å². The van der Waals surface area contributed by atoms with E-state index in [1.165, 1.54) is 0 Å². The molecule has 1 N–H and O–H groups in total. The fraction of sp³-hybridized carbons (Fsp3) is 0.250. The van der Waals surface area contributed by atoms with Crippen molar-refractivity contribution in [1.82, 2.24) is 4.98 Å². The lowest BCUT2D eigenvalue weighted by atomic mass is 9.87. The van der Waals surface area contributed by atoms with Gasteiger partial charge in [-0.2, -0.15) is 0 Å². The number of thiazole rings is 1. The molecule has 130 valence electrons. The van der Waals surface area contributed by atoms with E-state index in [0.29, 0.717) is 30.1 Å². The average Bonchev–Trinajstić information content (AvgIpc) is 3.15. The van der Waals surface area contributed by atoms with Gasteiger partial charge in [0.2, 0.25) is 5.78 Å². The number of aliphatic hydroxyl groups is 1. The maximum atomic E-state index is 13.0. The molecule has 3 heterocycles. The third kappa shape index (κ3) is 2.09. The van der Waals surface area contributed by atoms with E-state index in [1.807, 2.05) is 55.1 Å². The van der Waals surface area contributed by atoms with Crippen molar-refractivity contribution in [1.29, 1.82) is 0 Å². The van der Waals surface area contributed by atoms with Crippen molar-refractivity contribution in [3.05, 3.63) is 52.5 Å². The van der Waals surface area contributed by atoms with Crippen LogP contribution in [0.15, 0.2) is 41.4 Å². The first-order valence-corrected chi connectivity index (χ1v) is 9.39. The summed E-state index contributed by atoms with van der Waals surface area (Å²) in [5.74, 6) is 0.166. The highest BCUT2D eigenvalue weighted by atomic mass is 32.1. The number of amidine groups is 1. The van der Waals surface area contributed by atoms with Crippen LogP contribution in [-0.4, -0.2) is 33.9 Å². The molecule has 0 amide bonds. The molecule has 2 aliphatic rings. The van der Waals surface area contributed by atoms with Gasteiger partial charge in [-0.3, -0.25) is 4.79 Å². The number of Topliss-reactive ketones (excluding diaryl/α,β-unsaturated/α-hetero) is 1. The fourth-order valence-corrected chi connectivity index (χ4v) is 4.61. The van der Waals surface area contributed by atoms with Crippen molar-refractivity contribution in [2.45, 2.75) is 25.9 Å². The Hall–Kier alpha value is -2.57. The van der Waals surface area contributed by atoms with Crippen LogP contribution < -0.4 is 4.90 Å². The van der Waals surface area contributed by atoms with Crippen LogP contribution in [0, 0.1) is 13.8 Å². The molecule has 1 aromatic heterocycles. The summed E-state index contributed by atoms with van der Waals surface area (Å²) in [5.41, 5.74) is 2.40. The van der Waals surface area contributed by atoms with Crippen LogP contribution in [0.25, 0.3) is 10.2 Å². The van der Waals surface area contributed by atoms with Crippen LogP contribution in [0.5, 0.6) is 0 Å². The Morgan fingerprint density at radius 1 is 1.19 bits per heavy atom. The summed E-state index contributed by atoms with van der Waals surface area (Å²) >= 11 is 1.65. The van der Waals surface area contributed by atoms with Gasteiger partial charge in [0.15, 0.2) is 5.60 Å². The molecule has 1 fully saturated rings. The molecule has 0 spiro atoms. The number of hydrogen-bond donors (Lipinski definition) is 1. The number of aryl methyl sites for hydroxylation is 2. The molecule has 2 aliphatic heterocycles. The number of anilines is 1. The molecule has 1 atom stereocenters. The van der Waals surface area contributed by atoms with E-state index in [-0.39, 0.29) is 5.78 Å². The van der Waals surface area contributed by atoms with Gasteiger partial charge in [0.05, 0.1) is 20.9 Å². The minimum Gasteiger partial charge on any atom is -0.374 e. The van der Waals surface area contributed by atoms with Crippen LogP contribution in [0.1, 0.15) is 27.3 Å². The van der Waals surface area contributed by atoms with Crippen LogP contribution in [0.4, 0.5) is 11.4 Å². The zero-order chi connectivity index (χ0) is 18.1. The van der Waals surface area contributed by atoms with Gasteiger partial charge in [-0.15, -0.1) is 11.3 Å². The SMILES string of the molecule is Cc1ccc2c(c1)C(=O)C1(O)CCN(c3ccc4sc(C)nc4c3)C1=N2. The molecule has 0 radical (unpaired) electrons. The third-order valence-electron chi connectivity index (χ3n) is 5.11. The molecule has 1 unspecified atom stereocenters. The Balaban J connectivity index is 1.65. The summed E-state index contributed by atoms with van der Waals surface area (Å²) in [6.45, 7) is 4.47. The highest BCUT2D eigenvalue weighted by molar-refractivity contribution is 7.18. The molecule has 5 rings (SSSR count). The lowest BCUT2D eigenvalue weighted by Gasteiger charge is -2.29. The topological polar surface area (TPSA) is 65.8 Å². The molecular weight excluding hydrogens is 346 g/mol. The monoisotopic (exact) mass is 363 g/mol. The smallest absolute Gasteiger partial charge is 0.204 e. The molecule has 0 aliphatic carbocycles. The van der Waals surface area contributed by atoms with Gasteiger partial charge in [-0.05, 0) is 44.2 Å². The second kappa shape index (κ2) is 5.22. The first-order chi connectivity index (χ1) is 12.5. The lowest BCUT2D eigenvalue weighted by molar-refractivity contribution is 0.0602. The number of hydrogen-bond acceptors (Lipinski definition) is 6. The van der Waals surface area contributed by atoms with Crippen molar-refractivity contribution in [3.8, 4) is 0 Å². The number of rotatable bonds is 1. The number of benzene rings is 2. The van der Waals surface area contributed by atoms with Gasteiger partial charge < -0.3 is 10.0 Å². The molecule has 26 heavy (non-hydrogen) atoms. The lowest BCUT2D eigenvalue weighted by Crippen LogP contribution is -2.48. The minimum atomic E-state index is -1.55. The Morgan fingerprint density at radius 2 is 2.04 bits per heavy atom. The summed E-state index contributed by atoms with van der Waals surface area (Å²) in [4.78, 5) is 24.2. The van der Waals surface area contributed by atoms with E-state index >= 15 is 0 Å². The first kappa shape index (κ1) is 15.7. The number of fused-ring (bicyclic) bond motifs is 3. The van der Waals surface area contributed by atoms with Gasteiger partial charge in [0.1, 0.15) is 5.84 Å². The maximum Gasteiger partial charge on any atom is 0.204 e. The Bertz CT molecular complexity index is 1120. The molecule has 0 saturated carbocycles. The third-order valence-corrected chi connectivity index (χ3v) is 6.06. The molecular formula is C20H17N3O2S. The number of ketones is 1. The standard InChI is InChI=1S/C20H17N3O2S/c1-11-3-5-15-14(9-11)18(24)20(25)7-8-23(19(20)22-15)13-4-6-17-16(10-13)21-12(2)26-17/h3-6,9-10,25H,7-8H2,1-2H3. The molecule has 6 heteroatoms. The largest absolute Gasteiger partial charge is 0.374 e. The Labute approximate surface area is 154 Å². The van der Waals surface area contributed by atoms with Crippen molar-refractivity contribution in [2.75, 3.05) is 11.4 Å². The molecule has 1 saturated heterocycles. The molecule has 0 bridgehead atoms. The van der Waals surface area contributed by atoms with Crippen molar-refractivity contribution in [2.24, 2.45) is 4.99 Å². The summed E-state index contributed by atoms with van der Waals surface area (Å²) in [7, 11) is 0. The van der Waals surface area contributed by atoms with Crippen LogP contribution >= 0.6 is 11.3 Å². The Morgan fingerprint density at radius 3 is 2.88 bits per heavy atom. The number of carbonyl (C=O) groups is 1. The predicted molar refractivity (Wildman–Crippen MR) is 104 cm³/mol. The van der Waals surface area contributed by atoms with E-state index in [2.05, 4.69) is 9.98 Å². The van der Waals surface area contributed by atoms with E-state index in [1.54, 1.807) is 11.3 Å². The van der Waals surface area contributed by atoms with E-state index in [9.17, 15) is 9.90 Å². The molecule has 3 aromatic rings. The summed E-state index contributed by atoms with van der Waals surface area (Å²) in [5, 5.41) is 12.1. The van der Waals surface area contributed by atoms with Gasteiger partial charge in [0, 0.05) is 24.2 Å². The first-order valence-electron chi connectivity index (χ1n) is 8.57. The second-order valence-electron chi connectivity index (χ2n) is 6.93. The van der Waals surface area contributed by atoms with Gasteiger partial charge in [-0.25, -0.2) is 9.98 Å². The molecule has 2 aromatic carbocycles. The second-order valence-corrected chi connectivity index (χ2v) is 8.17. The highest BCUT2D eigenvalue weighted by Crippen LogP contribution is 2.40. The van der Waals surface area contributed by atoms with E-state index < -0.39 is 5.60 Å². The fourth-order valence-electron chi connectivity index (χ4n) is 3.80. The van der Waals surface area contributed by atoms with Crippen LogP contribution in [0.3, 0.4) is 0 Å². The van der Waals surface area contributed by atoms with E-state index in [4.69, 9.17) is 0 Å². The van der Waals surface area contributed by atoms with Crippen LogP contribution in [-0.2, 0) is 0 Å². The van der Waals surface area contributed by atoms with Crippen molar-refractivity contribution >= 4 is 44.5 Å². The van der Waals surface area contributed by atoms with Crippen molar-refractivity contribution in [3.63, 3.8) is 0 Å². The van der Waals surface area contributed by atoms with Crippen LogP contribution in [0.2, 0.25) is 0 Å². The Kier molecular flexibility index (Phi) is 3.14. The van der Waals surface area contributed by atoms with Crippen molar-refractivity contribution < 1.29 is 9.90 Å². The number of aliphatic imine (C=N–C) groups is 1. The number of carbonyl (C=O) groups excluding carboxylic acids is 1.